The lowest BCUT2D eigenvalue weighted by atomic mass is 10.1. The van der Waals surface area contributed by atoms with Gasteiger partial charge in [-0.15, -0.1) is 0 Å². The molecule has 1 aliphatic rings. The summed E-state index contributed by atoms with van der Waals surface area (Å²) in [6, 6.07) is 17.5. The minimum Gasteiger partial charge on any atom is -0.368 e. The molecule has 1 saturated heterocycles. The summed E-state index contributed by atoms with van der Waals surface area (Å²) in [5.74, 6) is 0.112. The van der Waals surface area contributed by atoms with Crippen LogP contribution in [0, 0.1) is 6.92 Å². The molecular formula is C21H24N2O2. The number of hydrogen-bond acceptors (Lipinski definition) is 3. The number of carbonyl (C=O) groups is 2. The third-order valence-corrected chi connectivity index (χ3v) is 4.75. The molecule has 0 unspecified atom stereocenters. The third-order valence-electron chi connectivity index (χ3n) is 4.75. The van der Waals surface area contributed by atoms with Gasteiger partial charge >= 0.3 is 0 Å². The van der Waals surface area contributed by atoms with Crippen molar-refractivity contribution >= 4 is 17.4 Å². The van der Waals surface area contributed by atoms with Gasteiger partial charge in [-0.05, 0) is 18.6 Å². The molecule has 0 radical (unpaired) electrons. The monoisotopic (exact) mass is 336 g/mol. The van der Waals surface area contributed by atoms with Crippen molar-refractivity contribution in [3.8, 4) is 0 Å². The lowest BCUT2D eigenvalue weighted by Gasteiger charge is -2.36. The number of para-hydroxylation sites is 1. The molecule has 2 aromatic rings. The number of piperazine rings is 1. The van der Waals surface area contributed by atoms with E-state index in [2.05, 4.69) is 30.0 Å². The van der Waals surface area contributed by atoms with E-state index in [1.54, 1.807) is 12.1 Å². The molecule has 0 atom stereocenters. The highest BCUT2D eigenvalue weighted by Gasteiger charge is 2.22. The predicted molar refractivity (Wildman–Crippen MR) is 100.0 cm³/mol. The van der Waals surface area contributed by atoms with Gasteiger partial charge < -0.3 is 9.80 Å². The fourth-order valence-electron chi connectivity index (χ4n) is 3.26. The second kappa shape index (κ2) is 7.97. The zero-order valence-electron chi connectivity index (χ0n) is 14.6. The number of nitrogens with zero attached hydrogens (tertiary/aromatic N) is 2. The lowest BCUT2D eigenvalue weighted by molar-refractivity contribution is -0.131. The molecule has 0 aliphatic carbocycles. The molecule has 1 amide bonds. The van der Waals surface area contributed by atoms with Gasteiger partial charge in [-0.1, -0.05) is 48.5 Å². The maximum Gasteiger partial charge on any atom is 0.223 e. The molecule has 3 rings (SSSR count). The van der Waals surface area contributed by atoms with Crippen molar-refractivity contribution in [3.05, 3.63) is 65.7 Å². The SMILES string of the molecule is Cc1ccccc1N1CCN(C(=O)CCC(=O)c2ccccc2)CC1. The number of hydrogen-bond donors (Lipinski definition) is 0. The van der Waals surface area contributed by atoms with Crippen molar-refractivity contribution in [2.75, 3.05) is 31.1 Å². The van der Waals surface area contributed by atoms with Crippen molar-refractivity contribution in [2.45, 2.75) is 19.8 Å². The Balaban J connectivity index is 1.49. The van der Waals surface area contributed by atoms with Crippen LogP contribution in [0.15, 0.2) is 54.6 Å². The van der Waals surface area contributed by atoms with Crippen LogP contribution in [0.5, 0.6) is 0 Å². The van der Waals surface area contributed by atoms with Gasteiger partial charge in [0.15, 0.2) is 5.78 Å². The molecule has 1 aliphatic heterocycles. The first kappa shape index (κ1) is 17.2. The first-order chi connectivity index (χ1) is 12.1. The Morgan fingerprint density at radius 2 is 1.48 bits per heavy atom. The van der Waals surface area contributed by atoms with Gasteiger partial charge in [0.05, 0.1) is 0 Å². The minimum absolute atomic E-state index is 0.0347. The van der Waals surface area contributed by atoms with Crippen molar-refractivity contribution in [1.29, 1.82) is 0 Å². The number of anilines is 1. The maximum atomic E-state index is 12.4. The van der Waals surface area contributed by atoms with Crippen LogP contribution >= 0.6 is 0 Å². The smallest absolute Gasteiger partial charge is 0.223 e. The first-order valence-electron chi connectivity index (χ1n) is 8.82. The fourth-order valence-corrected chi connectivity index (χ4v) is 3.26. The molecule has 4 nitrogen and oxygen atoms in total. The van der Waals surface area contributed by atoms with Gasteiger partial charge in [0, 0.05) is 50.3 Å². The van der Waals surface area contributed by atoms with E-state index in [9.17, 15) is 9.59 Å². The molecule has 0 aromatic heterocycles. The molecule has 0 saturated carbocycles. The fraction of sp³-hybridized carbons (Fsp3) is 0.333. The van der Waals surface area contributed by atoms with Crippen LogP contribution in [0.25, 0.3) is 0 Å². The third kappa shape index (κ3) is 4.27. The number of rotatable bonds is 5. The van der Waals surface area contributed by atoms with E-state index >= 15 is 0 Å². The molecule has 4 heteroatoms. The first-order valence-corrected chi connectivity index (χ1v) is 8.82. The number of aryl methyl sites for hydroxylation is 1. The van der Waals surface area contributed by atoms with Crippen molar-refractivity contribution in [3.63, 3.8) is 0 Å². The largest absolute Gasteiger partial charge is 0.368 e. The van der Waals surface area contributed by atoms with E-state index in [0.29, 0.717) is 18.7 Å². The highest BCUT2D eigenvalue weighted by atomic mass is 16.2. The summed E-state index contributed by atoms with van der Waals surface area (Å²) in [6.45, 7) is 5.22. The summed E-state index contributed by atoms with van der Waals surface area (Å²) >= 11 is 0. The summed E-state index contributed by atoms with van der Waals surface area (Å²) in [6.07, 6.45) is 0.568. The Labute approximate surface area is 149 Å². The number of benzene rings is 2. The second-order valence-electron chi connectivity index (χ2n) is 6.44. The molecule has 0 bridgehead atoms. The predicted octanol–water partition coefficient (Wildman–Crippen LogP) is 3.31. The zero-order valence-corrected chi connectivity index (χ0v) is 14.6. The van der Waals surface area contributed by atoms with Crippen LogP contribution in [0.3, 0.4) is 0 Å². The maximum absolute atomic E-state index is 12.4. The van der Waals surface area contributed by atoms with Gasteiger partial charge in [-0.25, -0.2) is 0 Å². The van der Waals surface area contributed by atoms with Crippen molar-refractivity contribution in [2.24, 2.45) is 0 Å². The summed E-state index contributed by atoms with van der Waals surface area (Å²) in [7, 11) is 0. The van der Waals surface area contributed by atoms with Gasteiger partial charge in [0.1, 0.15) is 0 Å². The Morgan fingerprint density at radius 3 is 2.16 bits per heavy atom. The Hall–Kier alpha value is -2.62. The molecular weight excluding hydrogens is 312 g/mol. The molecule has 0 spiro atoms. The van der Waals surface area contributed by atoms with E-state index in [1.165, 1.54) is 11.3 Å². The van der Waals surface area contributed by atoms with Crippen LogP contribution in [0.4, 0.5) is 5.69 Å². The average molecular weight is 336 g/mol. The van der Waals surface area contributed by atoms with Gasteiger partial charge in [-0.2, -0.15) is 0 Å². The van der Waals surface area contributed by atoms with Crippen LogP contribution < -0.4 is 4.90 Å². The number of Topliss-reactive ketones (excluding diaryl/α,β-unsaturated/α-hetero) is 1. The van der Waals surface area contributed by atoms with Crippen LogP contribution in [-0.4, -0.2) is 42.8 Å². The van der Waals surface area contributed by atoms with E-state index < -0.39 is 0 Å². The van der Waals surface area contributed by atoms with E-state index in [4.69, 9.17) is 0 Å². The topological polar surface area (TPSA) is 40.6 Å². The zero-order chi connectivity index (χ0) is 17.6. The highest BCUT2D eigenvalue weighted by Crippen LogP contribution is 2.21. The molecule has 1 heterocycles. The Bertz CT molecular complexity index is 735. The molecule has 2 aromatic carbocycles. The molecule has 0 N–H and O–H groups in total. The van der Waals surface area contributed by atoms with Crippen molar-refractivity contribution in [1.82, 2.24) is 4.90 Å². The quantitative estimate of drug-likeness (QED) is 0.787. The Morgan fingerprint density at radius 1 is 0.840 bits per heavy atom. The molecule has 25 heavy (non-hydrogen) atoms. The summed E-state index contributed by atoms with van der Waals surface area (Å²) in [5.41, 5.74) is 3.18. The standard InChI is InChI=1S/C21H24N2O2/c1-17-7-5-6-10-19(17)22-13-15-23(16-14-22)21(25)12-11-20(24)18-8-3-2-4-9-18/h2-10H,11-16H2,1H3. The van der Waals surface area contributed by atoms with Gasteiger partial charge in [0.2, 0.25) is 5.91 Å². The lowest BCUT2D eigenvalue weighted by Crippen LogP contribution is -2.49. The number of carbonyl (C=O) groups excluding carboxylic acids is 2. The van der Waals surface area contributed by atoms with E-state index in [1.807, 2.05) is 29.2 Å². The Kier molecular flexibility index (Phi) is 5.49. The van der Waals surface area contributed by atoms with Crippen LogP contribution in [0.2, 0.25) is 0 Å². The summed E-state index contributed by atoms with van der Waals surface area (Å²) < 4.78 is 0. The van der Waals surface area contributed by atoms with E-state index in [-0.39, 0.29) is 24.5 Å². The summed E-state index contributed by atoms with van der Waals surface area (Å²) in [4.78, 5) is 28.7. The van der Waals surface area contributed by atoms with Crippen LogP contribution in [0.1, 0.15) is 28.8 Å². The normalized spacial score (nSPS) is 14.4. The number of amides is 1. The number of ketones is 1. The molecule has 130 valence electrons. The molecule has 1 fully saturated rings. The van der Waals surface area contributed by atoms with E-state index in [0.717, 1.165) is 13.1 Å². The van der Waals surface area contributed by atoms with Crippen LogP contribution in [-0.2, 0) is 4.79 Å². The average Bonchev–Trinajstić information content (AvgIpc) is 2.67. The summed E-state index contributed by atoms with van der Waals surface area (Å²) in [5, 5.41) is 0. The van der Waals surface area contributed by atoms with Gasteiger partial charge in [-0.3, -0.25) is 9.59 Å². The van der Waals surface area contributed by atoms with Crippen molar-refractivity contribution < 1.29 is 9.59 Å². The second-order valence-corrected chi connectivity index (χ2v) is 6.44. The highest BCUT2D eigenvalue weighted by molar-refractivity contribution is 5.97. The minimum atomic E-state index is 0.0347. The van der Waals surface area contributed by atoms with Gasteiger partial charge in [0.25, 0.3) is 0 Å².